The Morgan fingerprint density at radius 1 is 1.43 bits per heavy atom. The van der Waals surface area contributed by atoms with Crippen molar-refractivity contribution in [3.05, 3.63) is 23.9 Å². The molecule has 0 aromatic carbocycles. The van der Waals surface area contributed by atoms with Crippen molar-refractivity contribution in [2.24, 2.45) is 0 Å². The number of carbonyl (C=O) groups excluding carboxylic acids is 1. The lowest BCUT2D eigenvalue weighted by Gasteiger charge is -2.40. The topological polar surface area (TPSA) is 63.7 Å². The average molecular weight is 293 g/mol. The van der Waals surface area contributed by atoms with Crippen LogP contribution in [0.1, 0.15) is 26.3 Å². The Hall–Kier alpha value is -1.82. The van der Waals surface area contributed by atoms with Crippen LogP contribution in [0.2, 0.25) is 0 Å². The van der Waals surface area contributed by atoms with Crippen LogP contribution in [0.25, 0.3) is 0 Å². The normalized spacial score (nSPS) is 15.5. The number of nitrogens with zero attached hydrogens (tertiary/aromatic N) is 2. The van der Waals surface area contributed by atoms with E-state index in [-0.39, 0.29) is 6.09 Å². The molecular formula is C15H23N3O3. The first-order valence-corrected chi connectivity index (χ1v) is 7.07. The summed E-state index contributed by atoms with van der Waals surface area (Å²) in [4.78, 5) is 17.6. The maximum absolute atomic E-state index is 11.8. The van der Waals surface area contributed by atoms with Gasteiger partial charge in [0, 0.05) is 37.9 Å². The molecule has 0 spiro atoms. The van der Waals surface area contributed by atoms with Gasteiger partial charge in [0.15, 0.2) is 0 Å². The molecule has 0 aliphatic carbocycles. The minimum Gasteiger partial charge on any atom is -0.481 e. The third-order valence-corrected chi connectivity index (χ3v) is 3.13. The van der Waals surface area contributed by atoms with E-state index >= 15 is 0 Å². The first-order chi connectivity index (χ1) is 9.87. The van der Waals surface area contributed by atoms with Crippen molar-refractivity contribution in [1.29, 1.82) is 0 Å². The van der Waals surface area contributed by atoms with Crippen molar-refractivity contribution >= 4 is 6.09 Å². The zero-order chi connectivity index (χ0) is 15.5. The molecular weight excluding hydrogens is 270 g/mol. The maximum atomic E-state index is 11.8. The SMILES string of the molecule is COc1ccc(CNC2CN(C(=O)OC(C)(C)C)C2)cn1. The Kier molecular flexibility index (Phi) is 4.67. The van der Waals surface area contributed by atoms with Gasteiger partial charge < -0.3 is 19.7 Å². The van der Waals surface area contributed by atoms with Crippen molar-refractivity contribution in [2.45, 2.75) is 39.0 Å². The molecule has 1 aliphatic heterocycles. The molecule has 0 saturated carbocycles. The Morgan fingerprint density at radius 3 is 2.67 bits per heavy atom. The fourth-order valence-corrected chi connectivity index (χ4v) is 1.98. The van der Waals surface area contributed by atoms with E-state index in [9.17, 15) is 4.79 Å². The Balaban J connectivity index is 1.69. The monoisotopic (exact) mass is 293 g/mol. The number of nitrogens with one attached hydrogen (secondary N) is 1. The van der Waals surface area contributed by atoms with Gasteiger partial charge in [0.05, 0.1) is 7.11 Å². The lowest BCUT2D eigenvalue weighted by Crippen LogP contribution is -2.60. The number of pyridine rings is 1. The van der Waals surface area contributed by atoms with E-state index in [4.69, 9.17) is 9.47 Å². The molecule has 1 fully saturated rings. The van der Waals surface area contributed by atoms with Crippen molar-refractivity contribution in [3.63, 3.8) is 0 Å². The molecule has 1 N–H and O–H groups in total. The lowest BCUT2D eigenvalue weighted by atomic mass is 10.1. The second kappa shape index (κ2) is 6.30. The smallest absolute Gasteiger partial charge is 0.410 e. The van der Waals surface area contributed by atoms with Gasteiger partial charge in [0.1, 0.15) is 5.60 Å². The Labute approximate surface area is 125 Å². The van der Waals surface area contributed by atoms with Crippen molar-refractivity contribution in [2.75, 3.05) is 20.2 Å². The predicted octanol–water partition coefficient (Wildman–Crippen LogP) is 1.80. The molecule has 6 nitrogen and oxygen atoms in total. The van der Waals surface area contributed by atoms with E-state index in [0.29, 0.717) is 25.0 Å². The van der Waals surface area contributed by atoms with Gasteiger partial charge in [0.25, 0.3) is 0 Å². The standard InChI is InChI=1S/C15H23N3O3/c1-15(2,3)21-14(19)18-9-12(10-18)16-7-11-5-6-13(20-4)17-8-11/h5-6,8,12,16H,7,9-10H2,1-4H3. The van der Waals surface area contributed by atoms with Gasteiger partial charge in [-0.2, -0.15) is 0 Å². The summed E-state index contributed by atoms with van der Waals surface area (Å²) in [7, 11) is 1.60. The first kappa shape index (κ1) is 15.6. The molecule has 1 saturated heterocycles. The summed E-state index contributed by atoms with van der Waals surface area (Å²) in [6.45, 7) is 7.70. The van der Waals surface area contributed by atoms with Gasteiger partial charge in [0.2, 0.25) is 5.88 Å². The summed E-state index contributed by atoms with van der Waals surface area (Å²) in [5.41, 5.74) is 0.649. The van der Waals surface area contributed by atoms with E-state index in [1.165, 1.54) is 0 Å². The molecule has 2 heterocycles. The summed E-state index contributed by atoms with van der Waals surface area (Å²) in [5, 5.41) is 3.39. The molecule has 1 aromatic heterocycles. The fourth-order valence-electron chi connectivity index (χ4n) is 1.98. The number of aromatic nitrogens is 1. The van der Waals surface area contributed by atoms with E-state index in [1.54, 1.807) is 18.2 Å². The van der Waals surface area contributed by atoms with Crippen LogP contribution in [0.4, 0.5) is 4.79 Å². The van der Waals surface area contributed by atoms with Crippen LogP contribution >= 0.6 is 0 Å². The van der Waals surface area contributed by atoms with Crippen molar-refractivity contribution in [3.8, 4) is 5.88 Å². The highest BCUT2D eigenvalue weighted by molar-refractivity contribution is 5.69. The summed E-state index contributed by atoms with van der Waals surface area (Å²) in [6.07, 6.45) is 1.54. The minimum absolute atomic E-state index is 0.244. The summed E-state index contributed by atoms with van der Waals surface area (Å²) in [5.74, 6) is 0.610. The number of ether oxygens (including phenoxy) is 2. The largest absolute Gasteiger partial charge is 0.481 e. The number of hydrogen-bond donors (Lipinski definition) is 1. The molecule has 0 radical (unpaired) electrons. The van der Waals surface area contributed by atoms with E-state index in [0.717, 1.165) is 12.1 Å². The van der Waals surface area contributed by atoms with Gasteiger partial charge in [-0.15, -0.1) is 0 Å². The molecule has 6 heteroatoms. The van der Waals surface area contributed by atoms with Crippen molar-refractivity contribution < 1.29 is 14.3 Å². The predicted molar refractivity (Wildman–Crippen MR) is 79.2 cm³/mol. The van der Waals surface area contributed by atoms with Gasteiger partial charge in [-0.1, -0.05) is 6.07 Å². The maximum Gasteiger partial charge on any atom is 0.410 e. The molecule has 0 bridgehead atoms. The zero-order valence-corrected chi connectivity index (χ0v) is 13.0. The molecule has 1 amide bonds. The van der Waals surface area contributed by atoms with Crippen LogP contribution in [0.3, 0.4) is 0 Å². The molecule has 116 valence electrons. The average Bonchev–Trinajstić information content (AvgIpc) is 2.35. The quantitative estimate of drug-likeness (QED) is 0.917. The van der Waals surface area contributed by atoms with Crippen LogP contribution in [-0.4, -0.2) is 47.8 Å². The van der Waals surface area contributed by atoms with E-state index < -0.39 is 5.60 Å². The summed E-state index contributed by atoms with van der Waals surface area (Å²) >= 11 is 0. The lowest BCUT2D eigenvalue weighted by molar-refractivity contribution is 0.00518. The third-order valence-electron chi connectivity index (χ3n) is 3.13. The van der Waals surface area contributed by atoms with Crippen LogP contribution < -0.4 is 10.1 Å². The van der Waals surface area contributed by atoms with Crippen LogP contribution in [0.15, 0.2) is 18.3 Å². The number of carbonyl (C=O) groups is 1. The highest BCUT2D eigenvalue weighted by Crippen LogP contribution is 2.15. The van der Waals surface area contributed by atoms with Crippen LogP contribution in [-0.2, 0) is 11.3 Å². The van der Waals surface area contributed by atoms with Gasteiger partial charge >= 0.3 is 6.09 Å². The molecule has 0 atom stereocenters. The zero-order valence-electron chi connectivity index (χ0n) is 13.0. The second-order valence-corrected chi connectivity index (χ2v) is 6.17. The Morgan fingerprint density at radius 2 is 2.14 bits per heavy atom. The number of hydrogen-bond acceptors (Lipinski definition) is 5. The summed E-state index contributed by atoms with van der Waals surface area (Å²) < 4.78 is 10.3. The van der Waals surface area contributed by atoms with Crippen LogP contribution in [0, 0.1) is 0 Å². The molecule has 1 aromatic rings. The van der Waals surface area contributed by atoms with Crippen LogP contribution in [0.5, 0.6) is 5.88 Å². The highest BCUT2D eigenvalue weighted by atomic mass is 16.6. The number of amides is 1. The number of likely N-dealkylation sites (tertiary alicyclic amines) is 1. The minimum atomic E-state index is -0.440. The van der Waals surface area contributed by atoms with Gasteiger partial charge in [-0.05, 0) is 26.3 Å². The molecule has 21 heavy (non-hydrogen) atoms. The second-order valence-electron chi connectivity index (χ2n) is 6.17. The van der Waals surface area contributed by atoms with Crippen molar-refractivity contribution in [1.82, 2.24) is 15.2 Å². The summed E-state index contributed by atoms with van der Waals surface area (Å²) in [6, 6.07) is 4.12. The van der Waals surface area contributed by atoms with E-state index in [2.05, 4.69) is 10.3 Å². The number of methoxy groups -OCH3 is 1. The third kappa shape index (κ3) is 4.60. The highest BCUT2D eigenvalue weighted by Gasteiger charge is 2.33. The van der Waals surface area contributed by atoms with E-state index in [1.807, 2.05) is 32.9 Å². The molecule has 0 unspecified atom stereocenters. The molecule has 2 rings (SSSR count). The Bertz CT molecular complexity index is 476. The van der Waals surface area contributed by atoms with Gasteiger partial charge in [-0.25, -0.2) is 9.78 Å². The molecule has 1 aliphatic rings. The number of rotatable bonds is 4. The van der Waals surface area contributed by atoms with Gasteiger partial charge in [-0.3, -0.25) is 0 Å². The fraction of sp³-hybridized carbons (Fsp3) is 0.600. The first-order valence-electron chi connectivity index (χ1n) is 7.07.